The zero-order valence-corrected chi connectivity index (χ0v) is 14.4. The van der Waals surface area contributed by atoms with E-state index in [2.05, 4.69) is 4.72 Å². The van der Waals surface area contributed by atoms with Gasteiger partial charge in [-0.1, -0.05) is 26.7 Å². The molecule has 21 heavy (non-hydrogen) atoms. The Morgan fingerprint density at radius 3 is 2.38 bits per heavy atom. The number of hydrogen-bond donors (Lipinski definition) is 2. The second-order valence-electron chi connectivity index (χ2n) is 5.72. The minimum atomic E-state index is -3.72. The molecule has 3 N–H and O–H groups in total. The van der Waals surface area contributed by atoms with Gasteiger partial charge in [0.05, 0.1) is 5.75 Å². The summed E-state index contributed by atoms with van der Waals surface area (Å²) in [5.41, 5.74) is 0. The number of nitrogens with zero attached hydrogens (tertiary/aromatic N) is 1. The van der Waals surface area contributed by atoms with Gasteiger partial charge in [-0.2, -0.15) is 8.42 Å². The number of hydrogen-bond acceptors (Lipinski definition) is 4. The van der Waals surface area contributed by atoms with Gasteiger partial charge < -0.3 is 0 Å². The Bertz CT molecular complexity index is 515. The van der Waals surface area contributed by atoms with Crippen LogP contribution in [-0.4, -0.2) is 46.5 Å². The molecule has 1 aliphatic heterocycles. The molecule has 0 amide bonds. The second-order valence-corrected chi connectivity index (χ2v) is 9.11. The smallest absolute Gasteiger partial charge is 0.216 e. The third-order valence-electron chi connectivity index (χ3n) is 4.05. The first-order chi connectivity index (χ1) is 9.68. The highest BCUT2D eigenvalue weighted by atomic mass is 32.2. The van der Waals surface area contributed by atoms with E-state index in [1.165, 1.54) is 4.31 Å². The first-order valence-electron chi connectivity index (χ1n) is 7.43. The topological polar surface area (TPSA) is 110 Å². The quantitative estimate of drug-likeness (QED) is 0.660. The molecule has 0 aromatic rings. The van der Waals surface area contributed by atoms with Gasteiger partial charge in [0, 0.05) is 19.6 Å². The SMILES string of the molecule is CCC(CC)CS(=O)(=O)N1CCC[C@@H](CNS(N)(=O)=O)C1. The summed E-state index contributed by atoms with van der Waals surface area (Å²) in [5, 5.41) is 4.90. The molecule has 0 aromatic heterocycles. The van der Waals surface area contributed by atoms with Gasteiger partial charge >= 0.3 is 0 Å². The van der Waals surface area contributed by atoms with E-state index in [1.807, 2.05) is 13.8 Å². The van der Waals surface area contributed by atoms with Gasteiger partial charge in [-0.15, -0.1) is 0 Å². The number of nitrogens with two attached hydrogens (primary N) is 1. The lowest BCUT2D eigenvalue weighted by atomic mass is 10.0. The van der Waals surface area contributed by atoms with Crippen LogP contribution in [0.4, 0.5) is 0 Å². The molecule has 0 bridgehead atoms. The lowest BCUT2D eigenvalue weighted by molar-refractivity contribution is 0.265. The van der Waals surface area contributed by atoms with Crippen LogP contribution in [0.15, 0.2) is 0 Å². The van der Waals surface area contributed by atoms with Crippen molar-refractivity contribution < 1.29 is 16.8 Å². The van der Waals surface area contributed by atoms with Gasteiger partial charge in [-0.3, -0.25) is 0 Å². The van der Waals surface area contributed by atoms with Crippen molar-refractivity contribution in [3.63, 3.8) is 0 Å². The van der Waals surface area contributed by atoms with Crippen LogP contribution in [0.25, 0.3) is 0 Å². The fraction of sp³-hybridized carbons (Fsp3) is 1.00. The molecule has 1 saturated heterocycles. The van der Waals surface area contributed by atoms with Crippen LogP contribution in [0.2, 0.25) is 0 Å². The Morgan fingerprint density at radius 2 is 1.86 bits per heavy atom. The summed E-state index contributed by atoms with van der Waals surface area (Å²) in [4.78, 5) is 0. The molecule has 126 valence electrons. The molecule has 1 rings (SSSR count). The summed E-state index contributed by atoms with van der Waals surface area (Å²) in [7, 11) is -6.99. The summed E-state index contributed by atoms with van der Waals surface area (Å²) >= 11 is 0. The van der Waals surface area contributed by atoms with Crippen molar-refractivity contribution in [2.24, 2.45) is 17.0 Å². The average Bonchev–Trinajstić information content (AvgIpc) is 2.42. The molecule has 0 unspecified atom stereocenters. The zero-order chi connectivity index (χ0) is 16.1. The monoisotopic (exact) mass is 341 g/mol. The van der Waals surface area contributed by atoms with E-state index in [9.17, 15) is 16.8 Å². The van der Waals surface area contributed by atoms with Gasteiger partial charge in [0.2, 0.25) is 10.0 Å². The van der Waals surface area contributed by atoms with E-state index in [1.54, 1.807) is 0 Å². The maximum atomic E-state index is 12.4. The maximum Gasteiger partial charge on any atom is 0.274 e. The molecule has 1 heterocycles. The predicted octanol–water partition coefficient (Wildman–Crippen LogP) is 0.258. The third kappa shape index (κ3) is 6.60. The van der Waals surface area contributed by atoms with Gasteiger partial charge in [0.25, 0.3) is 10.2 Å². The van der Waals surface area contributed by atoms with E-state index < -0.39 is 20.2 Å². The molecule has 0 aliphatic carbocycles. The lowest BCUT2D eigenvalue weighted by Crippen LogP contribution is -2.45. The number of nitrogens with one attached hydrogen (secondary N) is 1. The van der Waals surface area contributed by atoms with Gasteiger partial charge in [0.15, 0.2) is 0 Å². The first-order valence-corrected chi connectivity index (χ1v) is 10.6. The van der Waals surface area contributed by atoms with Crippen molar-refractivity contribution in [3.05, 3.63) is 0 Å². The zero-order valence-electron chi connectivity index (χ0n) is 12.8. The molecule has 9 heteroatoms. The summed E-state index contributed by atoms with van der Waals surface area (Å²) < 4.78 is 50.4. The average molecular weight is 341 g/mol. The van der Waals surface area contributed by atoms with Crippen LogP contribution in [0.5, 0.6) is 0 Å². The predicted molar refractivity (Wildman–Crippen MR) is 83.3 cm³/mol. The highest BCUT2D eigenvalue weighted by molar-refractivity contribution is 7.89. The molecule has 0 saturated carbocycles. The summed E-state index contributed by atoms with van der Waals surface area (Å²) in [6, 6.07) is 0. The van der Waals surface area contributed by atoms with Gasteiger partial charge in [-0.25, -0.2) is 22.6 Å². The van der Waals surface area contributed by atoms with Crippen molar-refractivity contribution in [3.8, 4) is 0 Å². The van der Waals surface area contributed by atoms with Crippen LogP contribution in [0.1, 0.15) is 39.5 Å². The standard InChI is InChI=1S/C12H27N3O4S2/c1-3-11(4-2)10-20(16,17)15-7-5-6-12(9-15)8-14-21(13,18)19/h11-12,14H,3-10H2,1-2H3,(H2,13,18,19)/t12-/m0/s1. The van der Waals surface area contributed by atoms with Crippen LogP contribution >= 0.6 is 0 Å². The summed E-state index contributed by atoms with van der Waals surface area (Å²) in [5.74, 6) is 0.335. The Balaban J connectivity index is 2.62. The first kappa shape index (κ1) is 18.8. The second kappa shape index (κ2) is 7.87. The fourth-order valence-electron chi connectivity index (χ4n) is 2.61. The van der Waals surface area contributed by atoms with E-state index in [0.717, 1.165) is 25.7 Å². The molecule has 1 fully saturated rings. The highest BCUT2D eigenvalue weighted by Gasteiger charge is 2.30. The Hall–Kier alpha value is -0.220. The summed E-state index contributed by atoms with van der Waals surface area (Å²) in [6.07, 6.45) is 3.25. The van der Waals surface area contributed by atoms with E-state index in [0.29, 0.717) is 13.1 Å². The van der Waals surface area contributed by atoms with Gasteiger partial charge in [-0.05, 0) is 24.7 Å². The Morgan fingerprint density at radius 1 is 1.24 bits per heavy atom. The van der Waals surface area contributed by atoms with Crippen molar-refractivity contribution in [1.29, 1.82) is 0 Å². The molecule has 0 aromatic carbocycles. The summed E-state index contributed by atoms with van der Waals surface area (Å²) in [6.45, 7) is 5.08. The number of rotatable bonds is 8. The maximum absolute atomic E-state index is 12.4. The minimum absolute atomic E-state index is 0.0199. The molecular formula is C12H27N3O4S2. The number of sulfonamides is 1. The Kier molecular flexibility index (Phi) is 7.05. The number of piperidine rings is 1. The fourth-order valence-corrected chi connectivity index (χ4v) is 5.20. The largest absolute Gasteiger partial charge is 0.274 e. The van der Waals surface area contributed by atoms with Crippen molar-refractivity contribution in [1.82, 2.24) is 9.03 Å². The van der Waals surface area contributed by atoms with Crippen LogP contribution in [-0.2, 0) is 20.2 Å². The normalized spacial score (nSPS) is 21.8. The van der Waals surface area contributed by atoms with Gasteiger partial charge in [0.1, 0.15) is 0 Å². The van der Waals surface area contributed by atoms with Crippen molar-refractivity contribution in [2.75, 3.05) is 25.4 Å². The molecule has 1 aliphatic rings. The van der Waals surface area contributed by atoms with E-state index in [4.69, 9.17) is 5.14 Å². The highest BCUT2D eigenvalue weighted by Crippen LogP contribution is 2.21. The molecular weight excluding hydrogens is 314 g/mol. The molecule has 1 atom stereocenters. The van der Waals surface area contributed by atoms with Crippen molar-refractivity contribution >= 4 is 20.2 Å². The molecule has 7 nitrogen and oxygen atoms in total. The molecule has 0 spiro atoms. The van der Waals surface area contributed by atoms with Crippen LogP contribution < -0.4 is 9.86 Å². The van der Waals surface area contributed by atoms with E-state index >= 15 is 0 Å². The van der Waals surface area contributed by atoms with Crippen LogP contribution in [0.3, 0.4) is 0 Å². The van der Waals surface area contributed by atoms with Crippen LogP contribution in [0, 0.1) is 11.8 Å². The minimum Gasteiger partial charge on any atom is -0.216 e. The Labute approximate surface area is 128 Å². The third-order valence-corrected chi connectivity index (χ3v) is 6.63. The van der Waals surface area contributed by atoms with E-state index in [-0.39, 0.29) is 24.1 Å². The molecule has 0 radical (unpaired) electrons. The van der Waals surface area contributed by atoms with Crippen molar-refractivity contribution in [2.45, 2.75) is 39.5 Å². The lowest BCUT2D eigenvalue weighted by Gasteiger charge is -2.32.